The Morgan fingerprint density at radius 1 is 1.06 bits per heavy atom. The van der Waals surface area contributed by atoms with E-state index in [-0.39, 0.29) is 11.2 Å². The van der Waals surface area contributed by atoms with Gasteiger partial charge >= 0.3 is 0 Å². The average Bonchev–Trinajstić information content (AvgIpc) is 3.25. The number of ketones is 1. The van der Waals surface area contributed by atoms with Crippen molar-refractivity contribution < 1.29 is 9.21 Å². The van der Waals surface area contributed by atoms with Crippen molar-refractivity contribution in [1.82, 2.24) is 4.90 Å². The van der Waals surface area contributed by atoms with Crippen molar-refractivity contribution in [1.29, 1.82) is 0 Å². The molecule has 1 fully saturated rings. The second-order valence-electron chi connectivity index (χ2n) is 8.18. The molecule has 0 amide bonds. The second kappa shape index (κ2) is 8.29. The lowest BCUT2D eigenvalue weighted by atomic mass is 9.98. The van der Waals surface area contributed by atoms with Gasteiger partial charge in [0, 0.05) is 36.2 Å². The van der Waals surface area contributed by atoms with E-state index in [1.807, 2.05) is 48.5 Å². The van der Waals surface area contributed by atoms with Crippen LogP contribution in [0.25, 0.3) is 21.7 Å². The molecule has 4 nitrogen and oxygen atoms in total. The minimum absolute atomic E-state index is 0.0657. The van der Waals surface area contributed by atoms with Crippen molar-refractivity contribution in [3.8, 4) is 0 Å². The fourth-order valence-corrected chi connectivity index (χ4v) is 4.79. The highest BCUT2D eigenvalue weighted by molar-refractivity contribution is 6.31. The van der Waals surface area contributed by atoms with Gasteiger partial charge in [0.15, 0.2) is 11.2 Å². The van der Waals surface area contributed by atoms with E-state index in [1.54, 1.807) is 0 Å². The molecule has 4 aromatic rings. The number of carbonyl (C=O) groups is 1. The van der Waals surface area contributed by atoms with E-state index in [1.165, 1.54) is 17.9 Å². The standard InChI is InChI=1S/C26H22ClNO3/c27-23-4-2-1-3-21(23)19-7-10-28(16-19)11-8-24(29)18-6-5-17-14-22-25(30)9-12-31-26(22)15-20(17)13-18/h1-6,9,12-15,19H,7-8,10-11,16H2. The molecule has 0 N–H and O–H groups in total. The van der Waals surface area contributed by atoms with Crippen LogP contribution in [0, 0.1) is 0 Å². The Hall–Kier alpha value is -2.95. The smallest absolute Gasteiger partial charge is 0.192 e. The van der Waals surface area contributed by atoms with Crippen LogP contribution in [0.15, 0.2) is 76.1 Å². The van der Waals surface area contributed by atoms with Crippen molar-refractivity contribution in [3.05, 3.63) is 93.3 Å². The number of rotatable bonds is 5. The first-order valence-corrected chi connectivity index (χ1v) is 10.9. The van der Waals surface area contributed by atoms with E-state index in [4.69, 9.17) is 16.0 Å². The van der Waals surface area contributed by atoms with Gasteiger partial charge in [-0.25, -0.2) is 0 Å². The lowest BCUT2D eigenvalue weighted by Gasteiger charge is -2.16. The fraction of sp³-hybridized carbons (Fsp3) is 0.231. The molecule has 0 aliphatic carbocycles. The van der Waals surface area contributed by atoms with Gasteiger partial charge in [-0.1, -0.05) is 41.9 Å². The Bertz CT molecular complexity index is 1340. The highest BCUT2D eigenvalue weighted by Crippen LogP contribution is 2.32. The Labute approximate surface area is 185 Å². The zero-order valence-electron chi connectivity index (χ0n) is 17.0. The molecule has 1 saturated heterocycles. The molecule has 2 heterocycles. The van der Waals surface area contributed by atoms with E-state index < -0.39 is 0 Å². The number of hydrogen-bond donors (Lipinski definition) is 0. The van der Waals surface area contributed by atoms with Crippen LogP contribution in [0.4, 0.5) is 0 Å². The number of benzene rings is 3. The van der Waals surface area contributed by atoms with Gasteiger partial charge in [-0.2, -0.15) is 0 Å². The Morgan fingerprint density at radius 3 is 2.81 bits per heavy atom. The van der Waals surface area contributed by atoms with Crippen LogP contribution in [0.5, 0.6) is 0 Å². The average molecular weight is 432 g/mol. The van der Waals surface area contributed by atoms with Crippen LogP contribution in [0.1, 0.15) is 34.7 Å². The molecule has 31 heavy (non-hydrogen) atoms. The summed E-state index contributed by atoms with van der Waals surface area (Å²) in [6.45, 7) is 2.65. The highest BCUT2D eigenvalue weighted by Gasteiger charge is 2.25. The third kappa shape index (κ3) is 4.01. The van der Waals surface area contributed by atoms with Gasteiger partial charge in [-0.15, -0.1) is 0 Å². The van der Waals surface area contributed by atoms with Crippen molar-refractivity contribution in [2.75, 3.05) is 19.6 Å². The predicted octanol–water partition coefficient (Wildman–Crippen LogP) is 5.66. The van der Waals surface area contributed by atoms with Gasteiger partial charge in [0.2, 0.25) is 0 Å². The lowest BCUT2D eigenvalue weighted by molar-refractivity contribution is 0.0969. The molecule has 0 bridgehead atoms. The predicted molar refractivity (Wildman–Crippen MR) is 124 cm³/mol. The first-order valence-electron chi connectivity index (χ1n) is 10.5. The van der Waals surface area contributed by atoms with E-state index in [0.717, 1.165) is 41.9 Å². The first kappa shape index (κ1) is 20.0. The summed E-state index contributed by atoms with van der Waals surface area (Å²) in [5.74, 6) is 0.546. The van der Waals surface area contributed by atoms with Crippen molar-refractivity contribution in [2.45, 2.75) is 18.8 Å². The summed E-state index contributed by atoms with van der Waals surface area (Å²) in [6, 6.07) is 18.7. The van der Waals surface area contributed by atoms with Gasteiger partial charge < -0.3 is 9.32 Å². The Morgan fingerprint density at radius 2 is 1.94 bits per heavy atom. The van der Waals surface area contributed by atoms with Crippen LogP contribution in [0.3, 0.4) is 0 Å². The number of carbonyl (C=O) groups excluding carboxylic acids is 1. The molecule has 0 spiro atoms. The second-order valence-corrected chi connectivity index (χ2v) is 8.58. The third-order valence-corrected chi connectivity index (χ3v) is 6.56. The highest BCUT2D eigenvalue weighted by atomic mass is 35.5. The van der Waals surface area contributed by atoms with Crippen LogP contribution >= 0.6 is 11.6 Å². The van der Waals surface area contributed by atoms with Crippen molar-refractivity contribution in [2.24, 2.45) is 0 Å². The maximum absolute atomic E-state index is 12.8. The summed E-state index contributed by atoms with van der Waals surface area (Å²) >= 11 is 6.36. The van der Waals surface area contributed by atoms with E-state index in [9.17, 15) is 9.59 Å². The minimum Gasteiger partial charge on any atom is -0.464 e. The number of Topliss-reactive ketones (excluding diaryl/α,β-unsaturated/α-hetero) is 1. The number of fused-ring (bicyclic) bond motifs is 2. The number of nitrogens with zero attached hydrogens (tertiary/aromatic N) is 1. The Kier molecular flexibility index (Phi) is 5.34. The van der Waals surface area contributed by atoms with Gasteiger partial charge in [-0.3, -0.25) is 9.59 Å². The van der Waals surface area contributed by atoms with Crippen molar-refractivity contribution >= 4 is 39.1 Å². The molecule has 1 unspecified atom stereocenters. The summed E-state index contributed by atoms with van der Waals surface area (Å²) < 4.78 is 5.47. The molecule has 5 rings (SSSR count). The summed E-state index contributed by atoms with van der Waals surface area (Å²) in [7, 11) is 0. The molecule has 0 radical (unpaired) electrons. The molecule has 5 heteroatoms. The molecular formula is C26H22ClNO3. The largest absolute Gasteiger partial charge is 0.464 e. The quantitative estimate of drug-likeness (QED) is 0.302. The van der Waals surface area contributed by atoms with Crippen LogP contribution in [0.2, 0.25) is 5.02 Å². The number of hydrogen-bond acceptors (Lipinski definition) is 4. The van der Waals surface area contributed by atoms with Gasteiger partial charge in [0.05, 0.1) is 11.6 Å². The molecule has 3 aromatic carbocycles. The van der Waals surface area contributed by atoms with Crippen LogP contribution < -0.4 is 5.43 Å². The third-order valence-electron chi connectivity index (χ3n) is 6.21. The van der Waals surface area contributed by atoms with Crippen LogP contribution in [-0.2, 0) is 0 Å². The SMILES string of the molecule is O=C(CCN1CCC(c2ccccc2Cl)C1)c1ccc2cc3c(=O)ccoc3cc2c1. The van der Waals surface area contributed by atoms with Gasteiger partial charge in [0.25, 0.3) is 0 Å². The van der Waals surface area contributed by atoms with Crippen LogP contribution in [-0.4, -0.2) is 30.3 Å². The molecule has 0 saturated carbocycles. The molecular weight excluding hydrogens is 410 g/mol. The van der Waals surface area contributed by atoms with Gasteiger partial charge in [-0.05, 0) is 59.5 Å². The van der Waals surface area contributed by atoms with Gasteiger partial charge in [0.1, 0.15) is 5.58 Å². The topological polar surface area (TPSA) is 50.5 Å². The lowest BCUT2D eigenvalue weighted by Crippen LogP contribution is -2.23. The molecule has 1 aromatic heterocycles. The first-order chi connectivity index (χ1) is 15.1. The molecule has 1 aliphatic rings. The van der Waals surface area contributed by atoms with E-state index in [0.29, 0.717) is 28.9 Å². The fourth-order valence-electron chi connectivity index (χ4n) is 4.50. The normalized spacial score (nSPS) is 16.9. The number of likely N-dealkylation sites (tertiary alicyclic amines) is 1. The monoisotopic (exact) mass is 431 g/mol. The van der Waals surface area contributed by atoms with Crippen molar-refractivity contribution in [3.63, 3.8) is 0 Å². The summed E-state index contributed by atoms with van der Waals surface area (Å²) in [5.41, 5.74) is 2.36. The van der Waals surface area contributed by atoms with E-state index >= 15 is 0 Å². The zero-order valence-corrected chi connectivity index (χ0v) is 17.8. The minimum atomic E-state index is -0.0657. The Balaban J connectivity index is 1.28. The summed E-state index contributed by atoms with van der Waals surface area (Å²) in [4.78, 5) is 27.2. The molecule has 1 atom stereocenters. The summed E-state index contributed by atoms with van der Waals surface area (Å²) in [5, 5.41) is 3.19. The maximum atomic E-state index is 12.8. The molecule has 156 valence electrons. The van der Waals surface area contributed by atoms with E-state index in [2.05, 4.69) is 11.0 Å². The molecule has 1 aliphatic heterocycles. The summed E-state index contributed by atoms with van der Waals surface area (Å²) in [6.07, 6.45) is 2.94. The zero-order chi connectivity index (χ0) is 21.4. The maximum Gasteiger partial charge on any atom is 0.192 e. The number of halogens is 1.